The van der Waals surface area contributed by atoms with Crippen molar-refractivity contribution in [2.24, 2.45) is 5.92 Å². The van der Waals surface area contributed by atoms with Crippen LogP contribution in [0.4, 0.5) is 30.2 Å². The Morgan fingerprint density at radius 3 is 2.10 bits per heavy atom. The van der Waals surface area contributed by atoms with Crippen LogP contribution in [0, 0.1) is 40.0 Å². The van der Waals surface area contributed by atoms with Gasteiger partial charge in [-0.1, -0.05) is 25.4 Å². The van der Waals surface area contributed by atoms with Gasteiger partial charge in [0.25, 0.3) is 5.69 Å². The van der Waals surface area contributed by atoms with Gasteiger partial charge >= 0.3 is 11.9 Å². The van der Waals surface area contributed by atoms with Crippen LogP contribution in [0.1, 0.15) is 73.0 Å². The number of Topliss-reactive ketones (excluding diaryl/α,β-unsaturated/α-hetero) is 3. The molecule has 2 aromatic carbocycles. The zero-order chi connectivity index (χ0) is 36.7. The summed E-state index contributed by atoms with van der Waals surface area (Å²) in [5.41, 5.74) is -0.0945. The number of sulfone groups is 1. The normalized spacial score (nSPS) is 14.0. The minimum Gasteiger partial charge on any atom is -0.371 e. The van der Waals surface area contributed by atoms with Gasteiger partial charge < -0.3 is 10.1 Å². The van der Waals surface area contributed by atoms with E-state index in [0.29, 0.717) is 17.5 Å². The number of alkyl halides is 3. The number of carbonyl (C=O) groups excluding carboxylic acids is 3. The molecule has 0 amide bonds. The number of benzene rings is 2. The number of aryl methyl sites for hydroxylation is 1. The minimum absolute atomic E-state index is 0.0109. The number of hydrogen-bond acceptors (Lipinski definition) is 11. The molecule has 0 aliphatic heterocycles. The van der Waals surface area contributed by atoms with Crippen molar-refractivity contribution in [3.63, 3.8) is 0 Å². The van der Waals surface area contributed by atoms with Gasteiger partial charge in [0.1, 0.15) is 12.5 Å². The lowest BCUT2D eigenvalue weighted by Crippen LogP contribution is -2.35. The molecule has 3 rings (SSSR count). The summed E-state index contributed by atoms with van der Waals surface area (Å²) in [5.74, 6) is -3.59. The van der Waals surface area contributed by atoms with Gasteiger partial charge in [-0.05, 0) is 50.8 Å². The van der Waals surface area contributed by atoms with Crippen LogP contribution in [-0.2, 0) is 30.8 Å². The highest BCUT2D eigenvalue weighted by Crippen LogP contribution is 2.40. The number of hydrogen-bond donors (Lipinski definition) is 1. The fourth-order valence-electron chi connectivity index (χ4n) is 4.99. The first-order chi connectivity index (χ1) is 22.2. The molecule has 0 bridgehead atoms. The van der Waals surface area contributed by atoms with Crippen LogP contribution in [-0.4, -0.2) is 60.7 Å². The number of ether oxygens (including phenoxy) is 1. The molecule has 18 heteroatoms. The first-order valence-electron chi connectivity index (χ1n) is 14.6. The Kier molecular flexibility index (Phi) is 13.8. The summed E-state index contributed by atoms with van der Waals surface area (Å²) < 4.78 is 65.3. The Balaban J connectivity index is 0.000000353. The first-order valence-corrected chi connectivity index (χ1v) is 16.9. The Morgan fingerprint density at radius 1 is 1.08 bits per heavy atom. The van der Waals surface area contributed by atoms with E-state index in [0.717, 1.165) is 31.2 Å². The smallest absolute Gasteiger partial charge is 0.371 e. The van der Waals surface area contributed by atoms with Crippen molar-refractivity contribution in [1.29, 1.82) is 0 Å². The van der Waals surface area contributed by atoms with Crippen LogP contribution in [0.5, 0.6) is 0 Å². The van der Waals surface area contributed by atoms with Crippen LogP contribution in [0.2, 0.25) is 5.02 Å². The van der Waals surface area contributed by atoms with Gasteiger partial charge in [-0.2, -0.15) is 13.2 Å². The molecular weight excluding hydrogens is 687 g/mol. The van der Waals surface area contributed by atoms with Crippen molar-refractivity contribution in [2.45, 2.75) is 83.5 Å². The fraction of sp³-hybridized carbons (Fsp3) is 0.500. The molecule has 2 aromatic rings. The summed E-state index contributed by atoms with van der Waals surface area (Å²) in [4.78, 5) is 57.6. The number of halogens is 4. The van der Waals surface area contributed by atoms with Crippen LogP contribution in [0.25, 0.3) is 0 Å². The average Bonchev–Trinajstić information content (AvgIpc) is 2.96. The number of nitrogens with one attached hydrogen (secondary N) is 1. The lowest BCUT2D eigenvalue weighted by atomic mass is 9.81. The molecule has 0 radical (unpaired) electrons. The van der Waals surface area contributed by atoms with Crippen molar-refractivity contribution in [1.82, 2.24) is 0 Å². The quantitative estimate of drug-likeness (QED) is 0.107. The van der Waals surface area contributed by atoms with Gasteiger partial charge in [-0.25, -0.2) is 8.42 Å². The largest absolute Gasteiger partial charge is 0.411 e. The lowest BCUT2D eigenvalue weighted by molar-refractivity contribution is -0.392. The standard InChI is InChI=1S/C17H16ClF3O6S.C13H19N3O4/c1-28(25,26)13-6-5-9(15(18)10(13)7-27-8-17(19,20)21)16(24)14-11(22)3-2-4-12(14)23;1-5-10(6-2)14-12-11(15(17)18)7-8(3)9(4)13(12)16(19)20/h5-6,14H,2-4,7-8H2,1H3;7,10,14H,5-6H2,1-4H3. The molecule has 0 spiro atoms. The summed E-state index contributed by atoms with van der Waals surface area (Å²) in [5, 5.41) is 24.9. The maximum absolute atomic E-state index is 12.7. The van der Waals surface area contributed by atoms with E-state index in [1.807, 2.05) is 13.8 Å². The average molecular weight is 722 g/mol. The van der Waals surface area contributed by atoms with Gasteiger partial charge in [0.15, 0.2) is 32.9 Å². The number of nitro groups is 2. The van der Waals surface area contributed by atoms with Crippen molar-refractivity contribution in [3.8, 4) is 0 Å². The molecule has 0 saturated heterocycles. The molecule has 0 unspecified atom stereocenters. The third-order valence-corrected chi connectivity index (χ3v) is 9.25. The summed E-state index contributed by atoms with van der Waals surface area (Å²) >= 11 is 6.11. The van der Waals surface area contributed by atoms with Gasteiger partial charge in [0.2, 0.25) is 0 Å². The minimum atomic E-state index is -4.65. The second kappa shape index (κ2) is 16.4. The van der Waals surface area contributed by atoms with E-state index in [-0.39, 0.29) is 47.1 Å². The SMILES string of the molecule is CCC(CC)Nc1c([N+](=O)[O-])cc(C)c(C)c1[N+](=O)[O-].CS(=O)(=O)c1ccc(C(=O)C2C(=O)CCCC2=O)c(Cl)c1COCC(F)(F)F. The summed E-state index contributed by atoms with van der Waals surface area (Å²) in [6, 6.07) is 3.39. The number of ketones is 3. The number of nitrogens with zero attached hydrogens (tertiary/aromatic N) is 2. The molecule has 0 heterocycles. The molecule has 1 aliphatic rings. The molecule has 1 N–H and O–H groups in total. The highest BCUT2D eigenvalue weighted by Gasteiger charge is 2.38. The Bertz CT molecular complexity index is 1690. The number of anilines is 1. The first kappa shape index (κ1) is 40.2. The van der Waals surface area contributed by atoms with Gasteiger partial charge in [0, 0.05) is 47.9 Å². The van der Waals surface area contributed by atoms with Gasteiger partial charge in [0.05, 0.1) is 26.4 Å². The highest BCUT2D eigenvalue weighted by atomic mass is 35.5. The van der Waals surface area contributed by atoms with Crippen LogP contribution in [0.15, 0.2) is 23.1 Å². The zero-order valence-corrected chi connectivity index (χ0v) is 28.3. The van der Waals surface area contributed by atoms with E-state index < -0.39 is 72.3 Å². The molecule has 1 fully saturated rings. The van der Waals surface area contributed by atoms with Crippen LogP contribution < -0.4 is 5.32 Å². The van der Waals surface area contributed by atoms with Crippen molar-refractivity contribution >= 4 is 55.9 Å². The predicted octanol–water partition coefficient (Wildman–Crippen LogP) is 6.66. The lowest BCUT2D eigenvalue weighted by Gasteiger charge is -2.20. The second-order valence-electron chi connectivity index (χ2n) is 11.1. The molecule has 1 aliphatic carbocycles. The zero-order valence-electron chi connectivity index (χ0n) is 26.7. The van der Waals surface area contributed by atoms with E-state index >= 15 is 0 Å². The summed E-state index contributed by atoms with van der Waals surface area (Å²) in [7, 11) is -3.90. The second-order valence-corrected chi connectivity index (χ2v) is 13.5. The van der Waals surface area contributed by atoms with Crippen molar-refractivity contribution in [3.05, 3.63) is 65.7 Å². The number of rotatable bonds is 12. The highest BCUT2D eigenvalue weighted by molar-refractivity contribution is 7.90. The number of nitro benzene ring substituents is 2. The summed E-state index contributed by atoms with van der Waals surface area (Å²) in [6.45, 7) is 4.63. The molecule has 13 nitrogen and oxygen atoms in total. The monoisotopic (exact) mass is 721 g/mol. The van der Waals surface area contributed by atoms with E-state index in [4.69, 9.17) is 11.6 Å². The topological polar surface area (TPSA) is 193 Å². The van der Waals surface area contributed by atoms with E-state index in [1.54, 1.807) is 13.8 Å². The van der Waals surface area contributed by atoms with E-state index in [1.165, 1.54) is 6.07 Å². The van der Waals surface area contributed by atoms with E-state index in [2.05, 4.69) is 10.1 Å². The molecule has 48 heavy (non-hydrogen) atoms. The molecule has 0 aromatic heterocycles. The maximum Gasteiger partial charge on any atom is 0.411 e. The predicted molar refractivity (Wildman–Crippen MR) is 169 cm³/mol. The summed E-state index contributed by atoms with van der Waals surface area (Å²) in [6.07, 6.45) is -1.94. The molecule has 0 atom stereocenters. The Hall–Kier alpha value is -3.96. The number of carbonyl (C=O) groups is 3. The van der Waals surface area contributed by atoms with Crippen LogP contribution in [0.3, 0.4) is 0 Å². The Morgan fingerprint density at radius 2 is 1.65 bits per heavy atom. The molecular formula is C30H35ClF3N3O10S. The van der Waals surface area contributed by atoms with Gasteiger partial charge in [-0.3, -0.25) is 34.6 Å². The third-order valence-electron chi connectivity index (χ3n) is 7.64. The fourth-order valence-corrected chi connectivity index (χ4v) is 6.28. The Labute approximate surface area is 279 Å². The maximum atomic E-state index is 12.7. The van der Waals surface area contributed by atoms with Crippen molar-refractivity contribution in [2.75, 3.05) is 18.2 Å². The van der Waals surface area contributed by atoms with E-state index in [9.17, 15) is 56.2 Å². The van der Waals surface area contributed by atoms with Crippen molar-refractivity contribution < 1.29 is 50.6 Å². The van der Waals surface area contributed by atoms with Crippen LogP contribution >= 0.6 is 11.6 Å². The van der Waals surface area contributed by atoms with Gasteiger partial charge in [-0.15, -0.1) is 0 Å². The third kappa shape index (κ3) is 10.0. The molecule has 1 saturated carbocycles. The molecule has 264 valence electrons.